The van der Waals surface area contributed by atoms with Crippen LogP contribution in [0.3, 0.4) is 0 Å². The second-order valence-electron chi connectivity index (χ2n) is 4.93. The van der Waals surface area contributed by atoms with E-state index in [-0.39, 0.29) is 5.82 Å². The minimum absolute atomic E-state index is 0.291. The second-order valence-corrected chi connectivity index (χ2v) is 4.93. The maximum absolute atomic E-state index is 13.3. The fraction of sp³-hybridized carbons (Fsp3) is 0.357. The molecule has 18 heavy (non-hydrogen) atoms. The Balaban J connectivity index is 2.53. The van der Waals surface area contributed by atoms with Gasteiger partial charge >= 0.3 is 0 Å². The summed E-state index contributed by atoms with van der Waals surface area (Å²) >= 11 is 0. The molecule has 0 bridgehead atoms. The van der Waals surface area contributed by atoms with Gasteiger partial charge in [0.1, 0.15) is 5.82 Å². The van der Waals surface area contributed by atoms with Crippen LogP contribution >= 0.6 is 0 Å². The van der Waals surface area contributed by atoms with E-state index < -0.39 is 0 Å². The van der Waals surface area contributed by atoms with Crippen LogP contribution in [0, 0.1) is 18.7 Å². The monoisotopic (exact) mass is 248 g/mol. The van der Waals surface area contributed by atoms with Crippen molar-refractivity contribution in [3.63, 3.8) is 0 Å². The summed E-state index contributed by atoms with van der Waals surface area (Å²) in [7, 11) is 0. The standard InChI is InChI=1S/C14H17FN2O/c1-8(2)6-12-13(18-17-14(12)16)11-7-10(15)5-4-9(11)3/h4-5,7-8H,6H2,1-3H3,(H2,16,17). The average Bonchev–Trinajstić information content (AvgIpc) is 2.64. The molecule has 0 saturated heterocycles. The first kappa shape index (κ1) is 12.6. The Morgan fingerprint density at radius 2 is 2.11 bits per heavy atom. The third-order valence-corrected chi connectivity index (χ3v) is 2.88. The number of nitrogen functional groups attached to an aromatic ring is 1. The number of halogens is 1. The van der Waals surface area contributed by atoms with Crippen LogP contribution in [0.1, 0.15) is 25.0 Å². The van der Waals surface area contributed by atoms with E-state index in [9.17, 15) is 4.39 Å². The number of nitrogens with zero attached hydrogens (tertiary/aromatic N) is 1. The summed E-state index contributed by atoms with van der Waals surface area (Å²) in [5.74, 6) is 1.11. The van der Waals surface area contributed by atoms with Gasteiger partial charge in [-0.25, -0.2) is 4.39 Å². The van der Waals surface area contributed by atoms with Crippen LogP contribution in [0.25, 0.3) is 11.3 Å². The Bertz CT molecular complexity index is 561. The zero-order chi connectivity index (χ0) is 13.3. The van der Waals surface area contributed by atoms with Gasteiger partial charge in [0, 0.05) is 11.1 Å². The molecule has 2 N–H and O–H groups in total. The predicted molar refractivity (Wildman–Crippen MR) is 69.6 cm³/mol. The minimum Gasteiger partial charge on any atom is -0.381 e. The highest BCUT2D eigenvalue weighted by molar-refractivity contribution is 5.69. The van der Waals surface area contributed by atoms with E-state index in [0.29, 0.717) is 17.5 Å². The molecule has 2 aromatic rings. The molecule has 0 radical (unpaired) electrons. The SMILES string of the molecule is Cc1ccc(F)cc1-c1onc(N)c1CC(C)C. The molecule has 0 aliphatic carbocycles. The smallest absolute Gasteiger partial charge is 0.172 e. The molecule has 96 valence electrons. The van der Waals surface area contributed by atoms with Crippen LogP contribution in [-0.2, 0) is 6.42 Å². The molecular weight excluding hydrogens is 231 g/mol. The van der Waals surface area contributed by atoms with E-state index in [1.807, 2.05) is 6.92 Å². The van der Waals surface area contributed by atoms with E-state index >= 15 is 0 Å². The van der Waals surface area contributed by atoms with Crippen LogP contribution in [0.5, 0.6) is 0 Å². The molecule has 2 rings (SSSR count). The normalized spacial score (nSPS) is 11.2. The summed E-state index contributed by atoms with van der Waals surface area (Å²) in [5, 5.41) is 3.80. The first-order chi connectivity index (χ1) is 8.49. The van der Waals surface area contributed by atoms with Gasteiger partial charge < -0.3 is 10.3 Å². The molecular formula is C14H17FN2O. The zero-order valence-electron chi connectivity index (χ0n) is 10.8. The van der Waals surface area contributed by atoms with E-state index in [2.05, 4.69) is 19.0 Å². The van der Waals surface area contributed by atoms with E-state index in [1.54, 1.807) is 6.07 Å². The average molecular weight is 248 g/mol. The lowest BCUT2D eigenvalue weighted by molar-refractivity contribution is 0.434. The van der Waals surface area contributed by atoms with Crippen molar-refractivity contribution in [1.29, 1.82) is 0 Å². The van der Waals surface area contributed by atoms with Gasteiger partial charge in [0.05, 0.1) is 0 Å². The van der Waals surface area contributed by atoms with Gasteiger partial charge in [-0.3, -0.25) is 0 Å². The number of aryl methyl sites for hydroxylation is 1. The Morgan fingerprint density at radius 1 is 1.39 bits per heavy atom. The first-order valence-corrected chi connectivity index (χ1v) is 5.99. The third kappa shape index (κ3) is 2.37. The lowest BCUT2D eigenvalue weighted by atomic mass is 9.97. The van der Waals surface area contributed by atoms with Gasteiger partial charge in [-0.15, -0.1) is 0 Å². The summed E-state index contributed by atoms with van der Waals surface area (Å²) in [6.07, 6.45) is 0.765. The molecule has 0 atom stereocenters. The molecule has 1 aromatic heterocycles. The lowest BCUT2D eigenvalue weighted by Gasteiger charge is -2.07. The van der Waals surface area contributed by atoms with E-state index in [0.717, 1.165) is 23.1 Å². The second kappa shape index (κ2) is 4.80. The molecule has 0 saturated carbocycles. The number of hydrogen-bond donors (Lipinski definition) is 1. The number of anilines is 1. The topological polar surface area (TPSA) is 52.0 Å². The van der Waals surface area contributed by atoms with Gasteiger partial charge in [0.15, 0.2) is 11.6 Å². The molecule has 0 fully saturated rings. The summed E-state index contributed by atoms with van der Waals surface area (Å²) in [5.41, 5.74) is 8.34. The van der Waals surface area contributed by atoms with Crippen molar-refractivity contribution in [3.05, 3.63) is 35.1 Å². The van der Waals surface area contributed by atoms with Crippen molar-refractivity contribution in [2.45, 2.75) is 27.2 Å². The third-order valence-electron chi connectivity index (χ3n) is 2.88. The number of hydrogen-bond acceptors (Lipinski definition) is 3. The van der Waals surface area contributed by atoms with Gasteiger partial charge in [-0.2, -0.15) is 0 Å². The van der Waals surface area contributed by atoms with Gasteiger partial charge in [-0.05, 0) is 37.0 Å². The van der Waals surface area contributed by atoms with Crippen molar-refractivity contribution in [2.75, 3.05) is 5.73 Å². The lowest BCUT2D eigenvalue weighted by Crippen LogP contribution is -1.99. The molecule has 0 spiro atoms. The molecule has 0 amide bonds. The van der Waals surface area contributed by atoms with Crippen molar-refractivity contribution in [1.82, 2.24) is 5.16 Å². The molecule has 0 aliphatic heterocycles. The molecule has 1 aromatic carbocycles. The van der Waals surface area contributed by atoms with Crippen molar-refractivity contribution in [2.24, 2.45) is 5.92 Å². The molecule has 0 unspecified atom stereocenters. The Kier molecular flexibility index (Phi) is 3.36. The quantitative estimate of drug-likeness (QED) is 0.903. The predicted octanol–water partition coefficient (Wildman–Crippen LogP) is 3.57. The molecule has 1 heterocycles. The number of rotatable bonds is 3. The minimum atomic E-state index is -0.291. The van der Waals surface area contributed by atoms with Gasteiger partial charge in [-0.1, -0.05) is 25.1 Å². The maximum Gasteiger partial charge on any atom is 0.172 e. The van der Waals surface area contributed by atoms with Crippen LogP contribution in [-0.4, -0.2) is 5.16 Å². The zero-order valence-corrected chi connectivity index (χ0v) is 10.8. The fourth-order valence-electron chi connectivity index (χ4n) is 1.98. The summed E-state index contributed by atoms with van der Waals surface area (Å²) in [6.45, 7) is 6.09. The van der Waals surface area contributed by atoms with Crippen molar-refractivity contribution >= 4 is 5.82 Å². The van der Waals surface area contributed by atoms with Crippen LogP contribution in [0.2, 0.25) is 0 Å². The number of benzene rings is 1. The fourth-order valence-corrected chi connectivity index (χ4v) is 1.98. The Morgan fingerprint density at radius 3 is 2.78 bits per heavy atom. The van der Waals surface area contributed by atoms with Crippen LogP contribution in [0.15, 0.2) is 22.7 Å². The maximum atomic E-state index is 13.3. The highest BCUT2D eigenvalue weighted by atomic mass is 19.1. The van der Waals surface area contributed by atoms with E-state index in [1.165, 1.54) is 12.1 Å². The molecule has 0 aliphatic rings. The largest absolute Gasteiger partial charge is 0.381 e. The number of aromatic nitrogens is 1. The van der Waals surface area contributed by atoms with Crippen molar-refractivity contribution < 1.29 is 8.91 Å². The highest BCUT2D eigenvalue weighted by Gasteiger charge is 2.18. The first-order valence-electron chi connectivity index (χ1n) is 5.99. The van der Waals surface area contributed by atoms with Crippen LogP contribution < -0.4 is 5.73 Å². The van der Waals surface area contributed by atoms with Crippen molar-refractivity contribution in [3.8, 4) is 11.3 Å². The molecule has 4 heteroatoms. The summed E-state index contributed by atoms with van der Waals surface area (Å²) < 4.78 is 18.6. The van der Waals surface area contributed by atoms with Gasteiger partial charge in [0.25, 0.3) is 0 Å². The highest BCUT2D eigenvalue weighted by Crippen LogP contribution is 2.32. The molecule has 3 nitrogen and oxygen atoms in total. The van der Waals surface area contributed by atoms with Crippen LogP contribution in [0.4, 0.5) is 10.2 Å². The van der Waals surface area contributed by atoms with E-state index in [4.69, 9.17) is 10.3 Å². The Hall–Kier alpha value is -1.84. The Labute approximate surface area is 106 Å². The summed E-state index contributed by atoms with van der Waals surface area (Å²) in [4.78, 5) is 0. The number of nitrogens with two attached hydrogens (primary N) is 1. The summed E-state index contributed by atoms with van der Waals surface area (Å²) in [6, 6.07) is 4.61. The van der Waals surface area contributed by atoms with Gasteiger partial charge in [0.2, 0.25) is 0 Å².